The highest BCUT2D eigenvalue weighted by Gasteiger charge is 2.53. The van der Waals surface area contributed by atoms with Gasteiger partial charge in [0.2, 0.25) is 5.91 Å². The van der Waals surface area contributed by atoms with Crippen molar-refractivity contribution in [3.05, 3.63) is 0 Å². The summed E-state index contributed by atoms with van der Waals surface area (Å²) in [6.45, 7) is 3.81. The van der Waals surface area contributed by atoms with E-state index in [-0.39, 0.29) is 11.9 Å². The minimum atomic E-state index is -0.376. The van der Waals surface area contributed by atoms with Crippen molar-refractivity contribution in [3.63, 3.8) is 0 Å². The van der Waals surface area contributed by atoms with Crippen molar-refractivity contribution in [1.82, 2.24) is 10.6 Å². The molecule has 2 aliphatic rings. The lowest BCUT2D eigenvalue weighted by atomic mass is 10.3. The first kappa shape index (κ1) is 8.01. The maximum Gasteiger partial charge on any atom is 0.236 e. The molecule has 1 saturated carbocycles. The highest BCUT2D eigenvalue weighted by Crippen LogP contribution is 2.41. The molecule has 4 N–H and O–H groups in total. The fraction of sp³-hybridized carbons (Fsp3) is 0.875. The van der Waals surface area contributed by atoms with Gasteiger partial charge in [0.25, 0.3) is 0 Å². The Labute approximate surface area is 71.9 Å². The molecule has 3 atom stereocenters. The van der Waals surface area contributed by atoms with Gasteiger partial charge in [-0.1, -0.05) is 0 Å². The Morgan fingerprint density at radius 2 is 2.17 bits per heavy atom. The van der Waals surface area contributed by atoms with Crippen LogP contribution >= 0.6 is 0 Å². The van der Waals surface area contributed by atoms with Crippen molar-refractivity contribution < 1.29 is 4.79 Å². The molecule has 0 spiro atoms. The number of hydrogen-bond acceptors (Lipinski definition) is 3. The van der Waals surface area contributed by atoms with E-state index in [4.69, 9.17) is 5.73 Å². The van der Waals surface area contributed by atoms with Crippen molar-refractivity contribution >= 4 is 5.91 Å². The number of carbonyl (C=O) groups is 1. The Morgan fingerprint density at radius 3 is 2.67 bits per heavy atom. The maximum absolute atomic E-state index is 11.2. The fourth-order valence-electron chi connectivity index (χ4n) is 1.93. The molecule has 12 heavy (non-hydrogen) atoms. The second kappa shape index (κ2) is 2.71. The molecular formula is C8H15N3O. The largest absolute Gasteiger partial charge is 0.351 e. The predicted molar refractivity (Wildman–Crippen MR) is 45.4 cm³/mol. The molecule has 68 valence electrons. The zero-order chi connectivity index (χ0) is 8.72. The smallest absolute Gasteiger partial charge is 0.236 e. The average Bonchev–Trinajstić information content (AvgIpc) is 2.46. The van der Waals surface area contributed by atoms with Crippen LogP contribution in [0.15, 0.2) is 0 Å². The molecule has 0 aromatic heterocycles. The third-order valence-corrected chi connectivity index (χ3v) is 2.81. The maximum atomic E-state index is 11.2. The van der Waals surface area contributed by atoms with Crippen LogP contribution in [0.4, 0.5) is 0 Å². The van der Waals surface area contributed by atoms with Crippen molar-refractivity contribution in [2.24, 2.45) is 17.6 Å². The van der Waals surface area contributed by atoms with Gasteiger partial charge >= 0.3 is 0 Å². The second-order valence-electron chi connectivity index (χ2n) is 3.81. The summed E-state index contributed by atoms with van der Waals surface area (Å²) in [5.74, 6) is 1.33. The summed E-state index contributed by atoms with van der Waals surface area (Å²) >= 11 is 0. The molecule has 0 aromatic carbocycles. The van der Waals surface area contributed by atoms with Gasteiger partial charge < -0.3 is 16.4 Å². The van der Waals surface area contributed by atoms with Crippen LogP contribution in [-0.2, 0) is 4.79 Å². The van der Waals surface area contributed by atoms with Crippen molar-refractivity contribution in [2.75, 3.05) is 13.1 Å². The minimum absolute atomic E-state index is 0.0191. The highest BCUT2D eigenvalue weighted by atomic mass is 16.2. The molecule has 0 radical (unpaired) electrons. The van der Waals surface area contributed by atoms with Gasteiger partial charge in [-0.15, -0.1) is 0 Å². The average molecular weight is 169 g/mol. The summed E-state index contributed by atoms with van der Waals surface area (Å²) in [4.78, 5) is 11.2. The fourth-order valence-corrected chi connectivity index (χ4v) is 1.93. The number of amides is 1. The normalized spacial score (nSPS) is 40.3. The Morgan fingerprint density at radius 1 is 1.58 bits per heavy atom. The van der Waals surface area contributed by atoms with Crippen LogP contribution in [0, 0.1) is 11.8 Å². The lowest BCUT2D eigenvalue weighted by Crippen LogP contribution is -2.41. The standard InChI is InChI=1S/C8H15N3O/c1-4(9)8(12)11-7-5-2-10-3-6(5)7/h4-7,10H,2-3,9H2,1H3,(H,11,12). The number of nitrogens with one attached hydrogen (secondary N) is 2. The third-order valence-electron chi connectivity index (χ3n) is 2.81. The molecule has 2 fully saturated rings. The van der Waals surface area contributed by atoms with Gasteiger partial charge in [0.05, 0.1) is 6.04 Å². The summed E-state index contributed by atoms with van der Waals surface area (Å²) < 4.78 is 0. The number of piperidine rings is 1. The van der Waals surface area contributed by atoms with Crippen LogP contribution in [0.1, 0.15) is 6.92 Å². The molecular weight excluding hydrogens is 154 g/mol. The van der Waals surface area contributed by atoms with E-state index in [0.717, 1.165) is 13.1 Å². The van der Waals surface area contributed by atoms with E-state index in [2.05, 4.69) is 10.6 Å². The molecule has 3 unspecified atom stereocenters. The summed E-state index contributed by atoms with van der Waals surface area (Å²) in [5, 5.41) is 6.22. The lowest BCUT2D eigenvalue weighted by molar-refractivity contribution is -0.122. The first-order valence-corrected chi connectivity index (χ1v) is 4.47. The molecule has 1 heterocycles. The van der Waals surface area contributed by atoms with Crippen LogP contribution in [-0.4, -0.2) is 31.1 Å². The van der Waals surface area contributed by atoms with Gasteiger partial charge in [0, 0.05) is 19.1 Å². The van der Waals surface area contributed by atoms with Gasteiger partial charge in [-0.3, -0.25) is 4.79 Å². The lowest BCUT2D eigenvalue weighted by Gasteiger charge is -2.09. The Balaban J connectivity index is 1.79. The Hall–Kier alpha value is -0.610. The minimum Gasteiger partial charge on any atom is -0.351 e. The zero-order valence-corrected chi connectivity index (χ0v) is 7.21. The molecule has 1 aliphatic carbocycles. The van der Waals surface area contributed by atoms with Crippen LogP contribution < -0.4 is 16.4 Å². The number of fused-ring (bicyclic) bond motifs is 1. The molecule has 0 bridgehead atoms. The quantitative estimate of drug-likeness (QED) is 0.479. The van der Waals surface area contributed by atoms with Gasteiger partial charge in [0.1, 0.15) is 0 Å². The second-order valence-corrected chi connectivity index (χ2v) is 3.81. The van der Waals surface area contributed by atoms with Crippen LogP contribution in [0.3, 0.4) is 0 Å². The van der Waals surface area contributed by atoms with E-state index in [1.165, 1.54) is 0 Å². The Bertz CT molecular complexity index is 194. The number of carbonyl (C=O) groups excluding carboxylic acids is 1. The molecule has 4 nitrogen and oxygen atoms in total. The SMILES string of the molecule is CC(N)C(=O)NC1C2CNCC21. The summed E-state index contributed by atoms with van der Waals surface area (Å²) in [6.07, 6.45) is 0. The van der Waals surface area contributed by atoms with E-state index >= 15 is 0 Å². The topological polar surface area (TPSA) is 67.2 Å². The molecule has 0 aromatic rings. The van der Waals surface area contributed by atoms with Gasteiger partial charge in [0.15, 0.2) is 0 Å². The van der Waals surface area contributed by atoms with Gasteiger partial charge in [-0.25, -0.2) is 0 Å². The van der Waals surface area contributed by atoms with Gasteiger partial charge in [-0.2, -0.15) is 0 Å². The van der Waals surface area contributed by atoms with E-state index in [9.17, 15) is 4.79 Å². The first-order valence-electron chi connectivity index (χ1n) is 4.47. The Kier molecular flexibility index (Phi) is 1.81. The zero-order valence-electron chi connectivity index (χ0n) is 7.21. The highest BCUT2D eigenvalue weighted by molar-refractivity contribution is 5.81. The van der Waals surface area contributed by atoms with E-state index < -0.39 is 0 Å². The summed E-state index contributed by atoms with van der Waals surface area (Å²) in [6, 6.07) is 0.0315. The van der Waals surface area contributed by atoms with Crippen LogP contribution in [0.2, 0.25) is 0 Å². The molecule has 1 aliphatic heterocycles. The number of nitrogens with two attached hydrogens (primary N) is 1. The van der Waals surface area contributed by atoms with Crippen LogP contribution in [0.5, 0.6) is 0 Å². The summed E-state index contributed by atoms with van der Waals surface area (Å²) in [7, 11) is 0. The van der Waals surface area contributed by atoms with Crippen molar-refractivity contribution in [3.8, 4) is 0 Å². The van der Waals surface area contributed by atoms with Gasteiger partial charge in [-0.05, 0) is 18.8 Å². The molecule has 1 saturated heterocycles. The predicted octanol–water partition coefficient (Wildman–Crippen LogP) is -1.33. The van der Waals surface area contributed by atoms with E-state index in [1.807, 2.05) is 0 Å². The first-order chi connectivity index (χ1) is 5.70. The van der Waals surface area contributed by atoms with Crippen LogP contribution in [0.25, 0.3) is 0 Å². The molecule has 1 amide bonds. The van der Waals surface area contributed by atoms with E-state index in [1.54, 1.807) is 6.92 Å². The number of hydrogen-bond donors (Lipinski definition) is 3. The molecule has 4 heteroatoms. The summed E-state index contributed by atoms with van der Waals surface area (Å²) in [5.41, 5.74) is 5.43. The third kappa shape index (κ3) is 1.21. The van der Waals surface area contributed by atoms with E-state index in [0.29, 0.717) is 17.9 Å². The molecule has 2 rings (SSSR count). The monoisotopic (exact) mass is 169 g/mol. The number of rotatable bonds is 2. The van der Waals surface area contributed by atoms with Crippen molar-refractivity contribution in [1.29, 1.82) is 0 Å². The van der Waals surface area contributed by atoms with Crippen molar-refractivity contribution in [2.45, 2.75) is 19.0 Å².